The third-order valence-corrected chi connectivity index (χ3v) is 0.204. The predicted octanol–water partition coefficient (Wildman–Crippen LogP) is 0.747. The van der Waals surface area contributed by atoms with Gasteiger partial charge in [-0.15, -0.1) is 0 Å². The fourth-order valence-electron chi connectivity index (χ4n) is 0. The molecular weight excluding hydrogens is 91.9 g/mol. The molecule has 0 amide bonds. The van der Waals surface area contributed by atoms with Gasteiger partial charge in [-0.1, -0.05) is 0 Å². The molecule has 0 aromatic heterocycles. The molecule has 0 saturated heterocycles. The molecule has 0 bridgehead atoms. The van der Waals surface area contributed by atoms with E-state index in [1.807, 2.05) is 6.08 Å². The molecule has 0 N–H and O–H groups in total. The Morgan fingerprint density at radius 2 is 2.00 bits per heavy atom. The first-order valence-corrected chi connectivity index (χ1v) is 1.05. The minimum atomic E-state index is 0. The molecular formula is C3H3Fe-. The van der Waals surface area contributed by atoms with E-state index in [0.717, 1.165) is 6.42 Å². The van der Waals surface area contributed by atoms with E-state index in [4.69, 9.17) is 0 Å². The SMILES string of the molecule is [C-]1=CC1.[Fe]. The van der Waals surface area contributed by atoms with Gasteiger partial charge in [0.1, 0.15) is 0 Å². The third kappa shape index (κ3) is 2.26. The van der Waals surface area contributed by atoms with Gasteiger partial charge in [-0.25, -0.2) is 6.42 Å². The molecule has 0 aromatic carbocycles. The molecule has 0 radical (unpaired) electrons. The summed E-state index contributed by atoms with van der Waals surface area (Å²) < 4.78 is 0. The quantitative estimate of drug-likeness (QED) is 0.307. The summed E-state index contributed by atoms with van der Waals surface area (Å²) in [6.07, 6.45) is 6.00. The molecule has 0 nitrogen and oxygen atoms in total. The van der Waals surface area contributed by atoms with Crippen LogP contribution in [0.3, 0.4) is 0 Å². The van der Waals surface area contributed by atoms with Crippen LogP contribution in [0.4, 0.5) is 0 Å². The molecule has 1 heteroatoms. The Hall–Kier alpha value is 0.259. The van der Waals surface area contributed by atoms with Crippen molar-refractivity contribution in [3.8, 4) is 0 Å². The standard InChI is InChI=1S/C3H3.Fe/c1-2-3-1;/h1H,2H2;/q-1;. The third-order valence-electron chi connectivity index (χ3n) is 0.204. The van der Waals surface area contributed by atoms with Gasteiger partial charge in [-0.05, 0) is 0 Å². The van der Waals surface area contributed by atoms with Gasteiger partial charge in [0.05, 0.1) is 0 Å². The average Bonchev–Trinajstić information content (AvgIpc) is 1.46. The zero-order chi connectivity index (χ0) is 2.12. The van der Waals surface area contributed by atoms with E-state index in [1.54, 1.807) is 0 Å². The van der Waals surface area contributed by atoms with E-state index in [9.17, 15) is 0 Å². The van der Waals surface area contributed by atoms with Gasteiger partial charge in [-0.3, -0.25) is 6.08 Å². The van der Waals surface area contributed by atoms with Crippen molar-refractivity contribution in [2.45, 2.75) is 6.42 Å². The van der Waals surface area contributed by atoms with Gasteiger partial charge < -0.3 is 6.08 Å². The molecule has 1 aliphatic carbocycles. The van der Waals surface area contributed by atoms with E-state index in [0.29, 0.717) is 0 Å². The molecule has 0 atom stereocenters. The van der Waals surface area contributed by atoms with Crippen molar-refractivity contribution in [3.05, 3.63) is 12.2 Å². The number of hydrogen-bond donors (Lipinski definition) is 0. The van der Waals surface area contributed by atoms with Crippen molar-refractivity contribution in [2.24, 2.45) is 0 Å². The first kappa shape index (κ1) is 4.26. The van der Waals surface area contributed by atoms with Gasteiger partial charge in [-0.2, -0.15) is 0 Å². The summed E-state index contributed by atoms with van der Waals surface area (Å²) in [5, 5.41) is 0. The molecule has 0 spiro atoms. The average molecular weight is 94.9 g/mol. The van der Waals surface area contributed by atoms with E-state index in [-0.39, 0.29) is 17.1 Å². The zero-order valence-electron chi connectivity index (χ0n) is 2.14. The maximum absolute atomic E-state index is 2.88. The summed E-state index contributed by atoms with van der Waals surface area (Å²) in [4.78, 5) is 0. The Balaban J connectivity index is 0.0000000900. The minimum Gasteiger partial charge on any atom is -0.502 e. The Morgan fingerprint density at radius 1 is 1.75 bits per heavy atom. The molecule has 24 valence electrons. The Morgan fingerprint density at radius 3 is 2.00 bits per heavy atom. The van der Waals surface area contributed by atoms with E-state index in [1.165, 1.54) is 0 Å². The molecule has 1 aliphatic rings. The summed E-state index contributed by atoms with van der Waals surface area (Å²) in [5.41, 5.74) is 0. The molecule has 4 heavy (non-hydrogen) atoms. The normalized spacial score (nSPS) is 14.0. The summed E-state index contributed by atoms with van der Waals surface area (Å²) in [6.45, 7) is 0. The second kappa shape index (κ2) is 1.57. The van der Waals surface area contributed by atoms with Gasteiger partial charge in [0.25, 0.3) is 0 Å². The fraction of sp³-hybridized carbons (Fsp3) is 0.333. The molecule has 0 fully saturated rings. The molecule has 0 aliphatic heterocycles. The molecule has 0 heterocycles. The smallest absolute Gasteiger partial charge is 0 e. The maximum Gasteiger partial charge on any atom is 0 e. The van der Waals surface area contributed by atoms with E-state index in [2.05, 4.69) is 6.08 Å². The van der Waals surface area contributed by atoms with Gasteiger partial charge in [0.15, 0.2) is 0 Å². The van der Waals surface area contributed by atoms with Gasteiger partial charge in [0.2, 0.25) is 0 Å². The zero-order valence-corrected chi connectivity index (χ0v) is 3.24. The van der Waals surface area contributed by atoms with Crippen LogP contribution in [-0.2, 0) is 17.1 Å². The second-order valence-electron chi connectivity index (χ2n) is 0.612. The predicted molar refractivity (Wildman–Crippen MR) is 12.4 cm³/mol. The monoisotopic (exact) mass is 95.0 g/mol. The van der Waals surface area contributed by atoms with Crippen LogP contribution in [0.5, 0.6) is 0 Å². The van der Waals surface area contributed by atoms with E-state index >= 15 is 0 Å². The van der Waals surface area contributed by atoms with Crippen molar-refractivity contribution >= 4 is 0 Å². The number of hydrogen-bond acceptors (Lipinski definition) is 0. The Bertz CT molecular complexity index is 26.3. The van der Waals surface area contributed by atoms with E-state index < -0.39 is 0 Å². The minimum absolute atomic E-state index is 0. The first-order chi connectivity index (χ1) is 1.50. The van der Waals surface area contributed by atoms with Gasteiger partial charge in [0, 0.05) is 17.1 Å². The van der Waals surface area contributed by atoms with Crippen LogP contribution >= 0.6 is 0 Å². The van der Waals surface area contributed by atoms with Gasteiger partial charge >= 0.3 is 0 Å². The fourth-order valence-corrected chi connectivity index (χ4v) is 0. The molecule has 0 unspecified atom stereocenters. The van der Waals surface area contributed by atoms with Crippen LogP contribution in [0, 0.1) is 6.08 Å². The van der Waals surface area contributed by atoms with Crippen LogP contribution in [0.2, 0.25) is 0 Å². The summed E-state index contributed by atoms with van der Waals surface area (Å²) in [5.74, 6) is 0. The molecule has 0 saturated carbocycles. The van der Waals surface area contributed by atoms with Crippen molar-refractivity contribution < 1.29 is 17.1 Å². The first-order valence-electron chi connectivity index (χ1n) is 1.05. The number of allylic oxidation sites excluding steroid dienone is 2. The van der Waals surface area contributed by atoms with Crippen molar-refractivity contribution in [2.75, 3.05) is 0 Å². The van der Waals surface area contributed by atoms with Crippen LogP contribution < -0.4 is 0 Å². The Labute approximate surface area is 36.4 Å². The largest absolute Gasteiger partial charge is 0.502 e. The molecule has 0 aromatic rings. The van der Waals surface area contributed by atoms with Crippen LogP contribution in [0.25, 0.3) is 0 Å². The van der Waals surface area contributed by atoms with Crippen molar-refractivity contribution in [1.82, 2.24) is 0 Å². The topological polar surface area (TPSA) is 0 Å². The second-order valence-corrected chi connectivity index (χ2v) is 0.612. The van der Waals surface area contributed by atoms with Crippen molar-refractivity contribution in [1.29, 1.82) is 0 Å². The van der Waals surface area contributed by atoms with Crippen molar-refractivity contribution in [3.63, 3.8) is 0 Å². The molecule has 1 rings (SSSR count). The summed E-state index contributed by atoms with van der Waals surface area (Å²) in [6, 6.07) is 0. The van der Waals surface area contributed by atoms with Crippen LogP contribution in [0.15, 0.2) is 6.08 Å². The van der Waals surface area contributed by atoms with Crippen LogP contribution in [-0.4, -0.2) is 0 Å². The van der Waals surface area contributed by atoms with Crippen LogP contribution in [0.1, 0.15) is 6.42 Å². The summed E-state index contributed by atoms with van der Waals surface area (Å²) in [7, 11) is 0. The maximum atomic E-state index is 2.88. The summed E-state index contributed by atoms with van der Waals surface area (Å²) >= 11 is 0. The number of rotatable bonds is 0. The Kier molecular flexibility index (Phi) is 1.67.